The summed E-state index contributed by atoms with van der Waals surface area (Å²) in [5.41, 5.74) is 1.68. The van der Waals surface area contributed by atoms with Gasteiger partial charge in [-0.15, -0.1) is 0 Å². The van der Waals surface area contributed by atoms with Crippen LogP contribution in [0.4, 0.5) is 0 Å². The Hall–Kier alpha value is -2.56. The van der Waals surface area contributed by atoms with Crippen LogP contribution in [0, 0.1) is 5.92 Å². The summed E-state index contributed by atoms with van der Waals surface area (Å²) in [6.45, 7) is 2.23. The summed E-state index contributed by atoms with van der Waals surface area (Å²) in [6.07, 6.45) is 10.7. The molecule has 1 atom stereocenters. The standard InChI is InChI=1S/C23H30N2O3/c1-18(23(27)28-2)17-25(21-9-5-3-4-6-10-21)22(26)19-11-13-20(14-12-19)24-15-7-8-16-24/h7-8,11-16,18,21H,3-6,9-10,17H2,1-2H3. The van der Waals surface area contributed by atoms with E-state index in [-0.39, 0.29) is 23.8 Å². The lowest BCUT2D eigenvalue weighted by atomic mass is 10.0. The second-order valence-electron chi connectivity index (χ2n) is 7.66. The van der Waals surface area contributed by atoms with Crippen molar-refractivity contribution >= 4 is 11.9 Å². The van der Waals surface area contributed by atoms with Crippen molar-refractivity contribution in [3.8, 4) is 5.69 Å². The third-order valence-corrected chi connectivity index (χ3v) is 5.62. The van der Waals surface area contributed by atoms with Gasteiger partial charge in [-0.1, -0.05) is 32.6 Å². The van der Waals surface area contributed by atoms with Gasteiger partial charge in [0.25, 0.3) is 5.91 Å². The van der Waals surface area contributed by atoms with Gasteiger partial charge in [0.2, 0.25) is 0 Å². The molecule has 1 saturated carbocycles. The van der Waals surface area contributed by atoms with E-state index >= 15 is 0 Å². The average molecular weight is 383 g/mol. The molecule has 2 aromatic rings. The van der Waals surface area contributed by atoms with Crippen LogP contribution in [0.1, 0.15) is 55.8 Å². The molecule has 1 aliphatic carbocycles. The largest absolute Gasteiger partial charge is 0.469 e. The Labute approximate surface area is 167 Å². The summed E-state index contributed by atoms with van der Waals surface area (Å²) in [5, 5.41) is 0. The molecule has 0 aliphatic heterocycles. The molecule has 1 aromatic heterocycles. The summed E-state index contributed by atoms with van der Waals surface area (Å²) >= 11 is 0. The van der Waals surface area contributed by atoms with Crippen LogP contribution in [0.15, 0.2) is 48.8 Å². The predicted octanol–water partition coefficient (Wildman–Crippen LogP) is 4.45. The Morgan fingerprint density at radius 2 is 1.68 bits per heavy atom. The number of nitrogens with zero attached hydrogens (tertiary/aromatic N) is 2. The van der Waals surface area contributed by atoms with Gasteiger partial charge in [0.05, 0.1) is 13.0 Å². The minimum Gasteiger partial charge on any atom is -0.469 e. The number of ether oxygens (including phenoxy) is 1. The molecule has 0 spiro atoms. The number of esters is 1. The summed E-state index contributed by atoms with van der Waals surface area (Å²) in [7, 11) is 1.40. The van der Waals surface area contributed by atoms with E-state index in [0.717, 1.165) is 31.4 Å². The number of hydrogen-bond acceptors (Lipinski definition) is 3. The first-order chi connectivity index (χ1) is 13.6. The average Bonchev–Trinajstić information content (AvgIpc) is 3.14. The highest BCUT2D eigenvalue weighted by Crippen LogP contribution is 2.25. The predicted molar refractivity (Wildman–Crippen MR) is 109 cm³/mol. The Morgan fingerprint density at radius 3 is 2.25 bits per heavy atom. The van der Waals surface area contributed by atoms with Crippen LogP contribution in [0.2, 0.25) is 0 Å². The van der Waals surface area contributed by atoms with Crippen molar-refractivity contribution in [3.05, 3.63) is 54.4 Å². The number of methoxy groups -OCH3 is 1. The first kappa shape index (κ1) is 20.2. The normalized spacial score (nSPS) is 16.2. The first-order valence-corrected chi connectivity index (χ1v) is 10.2. The smallest absolute Gasteiger partial charge is 0.310 e. The number of benzene rings is 1. The molecular weight excluding hydrogens is 352 g/mol. The van der Waals surface area contributed by atoms with Crippen molar-refractivity contribution in [2.24, 2.45) is 5.92 Å². The molecule has 0 radical (unpaired) electrons. The van der Waals surface area contributed by atoms with Crippen LogP contribution < -0.4 is 0 Å². The Kier molecular flexibility index (Phi) is 6.90. The zero-order valence-corrected chi connectivity index (χ0v) is 16.8. The summed E-state index contributed by atoms with van der Waals surface area (Å²) in [5.74, 6) is -0.604. The molecule has 1 amide bonds. The second kappa shape index (κ2) is 9.58. The lowest BCUT2D eigenvalue weighted by molar-refractivity contribution is -0.145. The van der Waals surface area contributed by atoms with Crippen LogP contribution in [0.5, 0.6) is 0 Å². The van der Waals surface area contributed by atoms with Crippen LogP contribution in [0.3, 0.4) is 0 Å². The van der Waals surface area contributed by atoms with Crippen molar-refractivity contribution < 1.29 is 14.3 Å². The number of carbonyl (C=O) groups excluding carboxylic acids is 2. The highest BCUT2D eigenvalue weighted by molar-refractivity contribution is 5.95. The Morgan fingerprint density at radius 1 is 1.07 bits per heavy atom. The zero-order valence-electron chi connectivity index (χ0n) is 16.8. The monoisotopic (exact) mass is 382 g/mol. The fourth-order valence-electron chi connectivity index (χ4n) is 3.99. The fourth-order valence-corrected chi connectivity index (χ4v) is 3.99. The van der Waals surface area contributed by atoms with Crippen molar-refractivity contribution in [1.82, 2.24) is 9.47 Å². The van der Waals surface area contributed by atoms with E-state index in [2.05, 4.69) is 0 Å². The molecule has 1 aliphatic rings. The molecule has 5 nitrogen and oxygen atoms in total. The van der Waals surface area contributed by atoms with Gasteiger partial charge >= 0.3 is 5.97 Å². The van der Waals surface area contributed by atoms with Gasteiger partial charge in [-0.3, -0.25) is 9.59 Å². The molecule has 1 heterocycles. The molecule has 1 fully saturated rings. The fraction of sp³-hybridized carbons (Fsp3) is 0.478. The number of carbonyl (C=O) groups is 2. The van der Waals surface area contributed by atoms with Gasteiger partial charge in [-0.25, -0.2) is 0 Å². The quantitative estimate of drug-likeness (QED) is 0.548. The van der Waals surface area contributed by atoms with Crippen LogP contribution >= 0.6 is 0 Å². The molecule has 1 aromatic carbocycles. The maximum absolute atomic E-state index is 13.4. The molecule has 0 bridgehead atoms. The summed E-state index contributed by atoms with van der Waals surface area (Å²) < 4.78 is 6.90. The lowest BCUT2D eigenvalue weighted by Gasteiger charge is -2.33. The number of hydrogen-bond donors (Lipinski definition) is 0. The number of aromatic nitrogens is 1. The molecule has 0 saturated heterocycles. The van der Waals surface area contributed by atoms with Crippen molar-refractivity contribution in [3.63, 3.8) is 0 Å². The number of amides is 1. The highest BCUT2D eigenvalue weighted by atomic mass is 16.5. The molecule has 0 N–H and O–H groups in total. The topological polar surface area (TPSA) is 51.5 Å². The third-order valence-electron chi connectivity index (χ3n) is 5.62. The second-order valence-corrected chi connectivity index (χ2v) is 7.66. The van der Waals surface area contributed by atoms with E-state index in [1.54, 1.807) is 0 Å². The number of rotatable bonds is 6. The Bertz CT molecular complexity index is 760. The molecule has 28 heavy (non-hydrogen) atoms. The lowest BCUT2D eigenvalue weighted by Crippen LogP contribution is -2.44. The highest BCUT2D eigenvalue weighted by Gasteiger charge is 2.29. The zero-order chi connectivity index (χ0) is 19.9. The van der Waals surface area contributed by atoms with Crippen molar-refractivity contribution in [2.75, 3.05) is 13.7 Å². The molecule has 3 rings (SSSR count). The van der Waals surface area contributed by atoms with Gasteiger partial charge in [-0.05, 0) is 49.2 Å². The van der Waals surface area contributed by atoms with Gasteiger partial charge in [0.1, 0.15) is 0 Å². The van der Waals surface area contributed by atoms with E-state index in [4.69, 9.17) is 4.74 Å². The minimum atomic E-state index is -0.337. The van der Waals surface area contributed by atoms with E-state index in [0.29, 0.717) is 12.1 Å². The summed E-state index contributed by atoms with van der Waals surface area (Å²) in [6, 6.07) is 11.8. The molecule has 150 valence electrons. The van der Waals surface area contributed by atoms with E-state index in [1.807, 2.05) is 65.2 Å². The summed E-state index contributed by atoms with van der Waals surface area (Å²) in [4.78, 5) is 27.3. The van der Waals surface area contributed by atoms with Gasteiger partial charge in [0.15, 0.2) is 0 Å². The van der Waals surface area contributed by atoms with Crippen LogP contribution in [-0.4, -0.2) is 41.0 Å². The van der Waals surface area contributed by atoms with E-state index < -0.39 is 0 Å². The SMILES string of the molecule is COC(=O)C(C)CN(C(=O)c1ccc(-n2cccc2)cc1)C1CCCCCC1. The van der Waals surface area contributed by atoms with Gasteiger partial charge in [-0.2, -0.15) is 0 Å². The van der Waals surface area contributed by atoms with E-state index in [9.17, 15) is 9.59 Å². The van der Waals surface area contributed by atoms with Crippen molar-refractivity contribution in [1.29, 1.82) is 0 Å². The molecular formula is C23H30N2O3. The van der Waals surface area contributed by atoms with Crippen LogP contribution in [-0.2, 0) is 9.53 Å². The third kappa shape index (κ3) is 4.83. The van der Waals surface area contributed by atoms with Crippen LogP contribution in [0.25, 0.3) is 5.69 Å². The van der Waals surface area contributed by atoms with Gasteiger partial charge in [0, 0.05) is 36.2 Å². The Balaban J connectivity index is 1.81. The van der Waals surface area contributed by atoms with E-state index in [1.165, 1.54) is 20.0 Å². The van der Waals surface area contributed by atoms with Crippen molar-refractivity contribution in [2.45, 2.75) is 51.5 Å². The maximum Gasteiger partial charge on any atom is 0.310 e. The first-order valence-electron chi connectivity index (χ1n) is 10.2. The van der Waals surface area contributed by atoms with Gasteiger partial charge < -0.3 is 14.2 Å². The maximum atomic E-state index is 13.4. The minimum absolute atomic E-state index is 0.00158. The molecule has 5 heteroatoms. The molecule has 1 unspecified atom stereocenters.